The molecule has 0 radical (unpaired) electrons. The number of aryl methyl sites for hydroxylation is 1. The van der Waals surface area contributed by atoms with Crippen LogP contribution in [-0.4, -0.2) is 52.2 Å². The van der Waals surface area contributed by atoms with E-state index >= 15 is 0 Å². The molecule has 21 heavy (non-hydrogen) atoms. The van der Waals surface area contributed by atoms with Gasteiger partial charge in [0.1, 0.15) is 5.82 Å². The van der Waals surface area contributed by atoms with Crippen LogP contribution in [0.1, 0.15) is 12.7 Å². The zero-order valence-corrected chi connectivity index (χ0v) is 13.2. The number of nitrogens with one attached hydrogen (secondary N) is 1. The first kappa shape index (κ1) is 15.0. The van der Waals surface area contributed by atoms with Crippen molar-refractivity contribution in [1.82, 2.24) is 24.5 Å². The van der Waals surface area contributed by atoms with Gasteiger partial charge in [-0.15, -0.1) is 0 Å². The van der Waals surface area contributed by atoms with E-state index in [1.807, 2.05) is 55.7 Å². The number of nitrogens with zero attached hydrogens (tertiary/aromatic N) is 7. The highest BCUT2D eigenvalue weighted by Crippen LogP contribution is 2.15. The van der Waals surface area contributed by atoms with Gasteiger partial charge in [-0.3, -0.25) is 0 Å². The normalized spacial score (nSPS) is 10.5. The molecule has 8 nitrogen and oxygen atoms in total. The summed E-state index contributed by atoms with van der Waals surface area (Å²) in [5.74, 6) is 2.78. The fourth-order valence-corrected chi connectivity index (χ4v) is 1.79. The van der Waals surface area contributed by atoms with Crippen molar-refractivity contribution >= 4 is 17.8 Å². The lowest BCUT2D eigenvalue weighted by Gasteiger charge is -2.19. The molecule has 2 aromatic heterocycles. The van der Waals surface area contributed by atoms with Crippen LogP contribution in [0.4, 0.5) is 17.8 Å². The minimum absolute atomic E-state index is 0.581. The molecule has 0 aliphatic rings. The summed E-state index contributed by atoms with van der Waals surface area (Å²) in [7, 11) is 7.74. The summed E-state index contributed by atoms with van der Waals surface area (Å²) >= 11 is 0. The Hall–Kier alpha value is -2.38. The second-order valence-electron chi connectivity index (χ2n) is 4.99. The SMILES string of the molecule is CCNc1nc(N(C)C)nc(N(C)Cc2nccn2C)n1. The summed E-state index contributed by atoms with van der Waals surface area (Å²) in [6.07, 6.45) is 3.71. The standard InChI is InChI=1S/C13H22N8/c1-6-14-11-16-12(19(2)3)18-13(17-11)21(5)9-10-15-7-8-20(10)4/h7-8H,6,9H2,1-5H3,(H,14,16,17,18). The van der Waals surface area contributed by atoms with E-state index in [-0.39, 0.29) is 0 Å². The number of rotatable bonds is 6. The van der Waals surface area contributed by atoms with Gasteiger partial charge in [0.25, 0.3) is 0 Å². The van der Waals surface area contributed by atoms with Gasteiger partial charge in [0.15, 0.2) is 0 Å². The molecule has 0 amide bonds. The molecule has 0 saturated heterocycles. The summed E-state index contributed by atoms with van der Waals surface area (Å²) in [6.45, 7) is 3.40. The maximum absolute atomic E-state index is 4.48. The Balaban J connectivity index is 2.26. The number of hydrogen-bond acceptors (Lipinski definition) is 7. The van der Waals surface area contributed by atoms with Gasteiger partial charge in [0, 0.05) is 47.1 Å². The highest BCUT2D eigenvalue weighted by Gasteiger charge is 2.13. The van der Waals surface area contributed by atoms with Crippen molar-refractivity contribution in [3.05, 3.63) is 18.2 Å². The molecule has 0 spiro atoms. The van der Waals surface area contributed by atoms with Crippen molar-refractivity contribution in [1.29, 1.82) is 0 Å². The van der Waals surface area contributed by atoms with Gasteiger partial charge in [-0.2, -0.15) is 15.0 Å². The highest BCUT2D eigenvalue weighted by atomic mass is 15.3. The van der Waals surface area contributed by atoms with Crippen molar-refractivity contribution in [2.24, 2.45) is 7.05 Å². The molecule has 0 aliphatic carbocycles. The fraction of sp³-hybridized carbons (Fsp3) is 0.538. The number of imidazole rings is 1. The monoisotopic (exact) mass is 290 g/mol. The Morgan fingerprint density at radius 1 is 1.14 bits per heavy atom. The summed E-state index contributed by atoms with van der Waals surface area (Å²) in [5.41, 5.74) is 0. The Bertz CT molecular complexity index is 592. The molecular weight excluding hydrogens is 268 g/mol. The molecule has 0 unspecified atom stereocenters. The van der Waals surface area contributed by atoms with Crippen LogP contribution in [0, 0.1) is 0 Å². The predicted octanol–water partition coefficient (Wildman–Crippen LogP) is 0.739. The number of hydrogen-bond donors (Lipinski definition) is 1. The molecule has 1 N–H and O–H groups in total. The van der Waals surface area contributed by atoms with E-state index in [4.69, 9.17) is 0 Å². The van der Waals surface area contributed by atoms with Crippen molar-refractivity contribution < 1.29 is 0 Å². The molecule has 2 heterocycles. The second kappa shape index (κ2) is 6.38. The van der Waals surface area contributed by atoms with E-state index in [1.54, 1.807) is 6.20 Å². The third-order valence-electron chi connectivity index (χ3n) is 2.99. The van der Waals surface area contributed by atoms with Crippen LogP contribution < -0.4 is 15.1 Å². The fourth-order valence-electron chi connectivity index (χ4n) is 1.79. The summed E-state index contributed by atoms with van der Waals surface area (Å²) in [5, 5.41) is 3.13. The van der Waals surface area contributed by atoms with Crippen molar-refractivity contribution in [2.45, 2.75) is 13.5 Å². The molecule has 0 aromatic carbocycles. The Kier molecular flexibility index (Phi) is 4.56. The molecule has 0 bridgehead atoms. The van der Waals surface area contributed by atoms with Crippen LogP contribution in [0.25, 0.3) is 0 Å². The lowest BCUT2D eigenvalue weighted by molar-refractivity contribution is 0.743. The first-order chi connectivity index (χ1) is 10.0. The van der Waals surface area contributed by atoms with E-state index in [2.05, 4.69) is 25.3 Å². The second-order valence-corrected chi connectivity index (χ2v) is 4.99. The molecule has 2 aromatic rings. The van der Waals surface area contributed by atoms with Gasteiger partial charge >= 0.3 is 0 Å². The number of aromatic nitrogens is 5. The van der Waals surface area contributed by atoms with Crippen LogP contribution in [0.15, 0.2) is 12.4 Å². The van der Waals surface area contributed by atoms with Gasteiger partial charge in [-0.25, -0.2) is 4.98 Å². The Morgan fingerprint density at radius 3 is 2.43 bits per heavy atom. The van der Waals surface area contributed by atoms with Gasteiger partial charge in [-0.1, -0.05) is 0 Å². The van der Waals surface area contributed by atoms with E-state index in [1.165, 1.54) is 0 Å². The van der Waals surface area contributed by atoms with E-state index in [0.717, 1.165) is 12.4 Å². The molecule has 0 fully saturated rings. The van der Waals surface area contributed by atoms with Crippen molar-refractivity contribution in [3.8, 4) is 0 Å². The molecular formula is C13H22N8. The Labute approximate surface area is 124 Å². The van der Waals surface area contributed by atoms with E-state index in [9.17, 15) is 0 Å². The van der Waals surface area contributed by atoms with Crippen molar-refractivity contribution in [2.75, 3.05) is 42.8 Å². The summed E-state index contributed by atoms with van der Waals surface area (Å²) in [6, 6.07) is 0. The molecule has 8 heteroatoms. The minimum Gasteiger partial charge on any atom is -0.354 e. The van der Waals surface area contributed by atoms with Gasteiger partial charge < -0.3 is 19.7 Å². The topological polar surface area (TPSA) is 75.0 Å². The number of anilines is 3. The largest absolute Gasteiger partial charge is 0.354 e. The van der Waals surface area contributed by atoms with Crippen molar-refractivity contribution in [3.63, 3.8) is 0 Å². The zero-order chi connectivity index (χ0) is 15.4. The average molecular weight is 290 g/mol. The van der Waals surface area contributed by atoms with Crippen LogP contribution in [0.5, 0.6) is 0 Å². The van der Waals surface area contributed by atoms with Crippen LogP contribution in [0.2, 0.25) is 0 Å². The van der Waals surface area contributed by atoms with Gasteiger partial charge in [-0.05, 0) is 6.92 Å². The first-order valence-electron chi connectivity index (χ1n) is 6.86. The summed E-state index contributed by atoms with van der Waals surface area (Å²) in [4.78, 5) is 21.4. The quantitative estimate of drug-likeness (QED) is 0.841. The van der Waals surface area contributed by atoms with Crippen LogP contribution in [-0.2, 0) is 13.6 Å². The predicted molar refractivity (Wildman–Crippen MR) is 83.6 cm³/mol. The third kappa shape index (κ3) is 3.59. The highest BCUT2D eigenvalue weighted by molar-refractivity contribution is 5.44. The first-order valence-corrected chi connectivity index (χ1v) is 6.86. The molecule has 2 rings (SSSR count). The van der Waals surface area contributed by atoms with Gasteiger partial charge in [0.05, 0.1) is 6.54 Å². The summed E-state index contributed by atoms with van der Waals surface area (Å²) < 4.78 is 1.98. The lowest BCUT2D eigenvalue weighted by atomic mass is 10.5. The Morgan fingerprint density at radius 2 is 1.86 bits per heavy atom. The molecule has 0 saturated carbocycles. The molecule has 114 valence electrons. The van der Waals surface area contributed by atoms with E-state index < -0.39 is 0 Å². The van der Waals surface area contributed by atoms with Gasteiger partial charge in [0.2, 0.25) is 17.8 Å². The van der Waals surface area contributed by atoms with E-state index in [0.29, 0.717) is 24.4 Å². The minimum atomic E-state index is 0.581. The van der Waals surface area contributed by atoms with Crippen LogP contribution in [0.3, 0.4) is 0 Å². The maximum atomic E-state index is 4.48. The molecule has 0 aliphatic heterocycles. The smallest absolute Gasteiger partial charge is 0.232 e. The molecule has 0 atom stereocenters. The maximum Gasteiger partial charge on any atom is 0.232 e. The lowest BCUT2D eigenvalue weighted by Crippen LogP contribution is -2.24. The third-order valence-corrected chi connectivity index (χ3v) is 2.99. The average Bonchev–Trinajstić information content (AvgIpc) is 2.84. The van der Waals surface area contributed by atoms with Crippen LogP contribution >= 0.6 is 0 Å². The zero-order valence-electron chi connectivity index (χ0n) is 13.2.